The summed E-state index contributed by atoms with van der Waals surface area (Å²) in [5.41, 5.74) is 1.77. The number of ether oxygens (including phenoxy) is 1. The molecule has 3 aromatic rings. The zero-order valence-electron chi connectivity index (χ0n) is 11.9. The summed E-state index contributed by atoms with van der Waals surface area (Å²) in [7, 11) is 1.63. The molecule has 0 atom stereocenters. The normalized spacial score (nSPS) is 10.6. The summed E-state index contributed by atoms with van der Waals surface area (Å²) in [5, 5.41) is 8.83. The summed E-state index contributed by atoms with van der Waals surface area (Å²) in [6.07, 6.45) is 1.64. The first-order chi connectivity index (χ1) is 10.8. The van der Waals surface area contributed by atoms with Crippen LogP contribution in [0.25, 0.3) is 5.69 Å². The molecule has 0 aliphatic carbocycles. The number of hydrogen-bond donors (Lipinski definition) is 0. The van der Waals surface area contributed by atoms with Crippen molar-refractivity contribution in [3.8, 4) is 11.4 Å². The summed E-state index contributed by atoms with van der Waals surface area (Å²) in [4.78, 5) is 0. The van der Waals surface area contributed by atoms with Crippen LogP contribution in [-0.4, -0.2) is 21.9 Å². The standard InChI is InChI=1S/C16H14FN3OS/c1-21-15-8-3-2-7-14(15)20-11-18-19-16(20)22-10-12-5-4-6-13(17)9-12/h2-9,11H,10H2,1H3. The molecular formula is C16H14FN3OS. The predicted molar refractivity (Wildman–Crippen MR) is 83.9 cm³/mol. The molecule has 3 rings (SSSR count). The van der Waals surface area contributed by atoms with Crippen LogP contribution in [0.5, 0.6) is 5.75 Å². The van der Waals surface area contributed by atoms with Crippen LogP contribution < -0.4 is 4.74 Å². The van der Waals surface area contributed by atoms with Crippen LogP contribution in [-0.2, 0) is 5.75 Å². The minimum Gasteiger partial charge on any atom is -0.495 e. The van der Waals surface area contributed by atoms with Gasteiger partial charge in [0.15, 0.2) is 5.16 Å². The fourth-order valence-corrected chi connectivity index (χ4v) is 2.96. The van der Waals surface area contributed by atoms with Crippen molar-refractivity contribution in [1.29, 1.82) is 0 Å². The molecule has 1 heterocycles. The van der Waals surface area contributed by atoms with E-state index in [4.69, 9.17) is 4.74 Å². The molecular weight excluding hydrogens is 301 g/mol. The molecule has 0 aliphatic rings. The number of para-hydroxylation sites is 2. The van der Waals surface area contributed by atoms with Gasteiger partial charge in [0.05, 0.1) is 12.8 Å². The number of benzene rings is 2. The molecule has 0 bridgehead atoms. The maximum Gasteiger partial charge on any atom is 0.196 e. The van der Waals surface area contributed by atoms with Crippen LogP contribution in [0.4, 0.5) is 4.39 Å². The Labute approximate surface area is 132 Å². The molecule has 0 saturated carbocycles. The fourth-order valence-electron chi connectivity index (χ4n) is 2.09. The minimum absolute atomic E-state index is 0.232. The van der Waals surface area contributed by atoms with E-state index in [1.165, 1.54) is 23.9 Å². The molecule has 0 aliphatic heterocycles. The highest BCUT2D eigenvalue weighted by Crippen LogP contribution is 2.28. The Balaban J connectivity index is 1.83. The van der Waals surface area contributed by atoms with Gasteiger partial charge >= 0.3 is 0 Å². The summed E-state index contributed by atoms with van der Waals surface area (Å²) in [6.45, 7) is 0. The number of halogens is 1. The van der Waals surface area contributed by atoms with E-state index in [0.717, 1.165) is 22.2 Å². The van der Waals surface area contributed by atoms with Crippen LogP contribution in [0.15, 0.2) is 60.0 Å². The van der Waals surface area contributed by atoms with Gasteiger partial charge in [-0.3, -0.25) is 4.57 Å². The van der Waals surface area contributed by atoms with E-state index in [-0.39, 0.29) is 5.82 Å². The number of nitrogens with zero attached hydrogens (tertiary/aromatic N) is 3. The topological polar surface area (TPSA) is 39.9 Å². The van der Waals surface area contributed by atoms with Gasteiger partial charge in [-0.2, -0.15) is 0 Å². The first kappa shape index (κ1) is 14.6. The number of aromatic nitrogens is 3. The maximum atomic E-state index is 13.2. The highest BCUT2D eigenvalue weighted by Gasteiger charge is 2.11. The fraction of sp³-hybridized carbons (Fsp3) is 0.125. The Kier molecular flexibility index (Phi) is 4.39. The number of methoxy groups -OCH3 is 1. The molecule has 0 amide bonds. The van der Waals surface area contributed by atoms with Gasteiger partial charge in [-0.1, -0.05) is 36.0 Å². The smallest absolute Gasteiger partial charge is 0.196 e. The molecule has 4 nitrogen and oxygen atoms in total. The van der Waals surface area contributed by atoms with Crippen LogP contribution in [0.3, 0.4) is 0 Å². The highest BCUT2D eigenvalue weighted by atomic mass is 32.2. The lowest BCUT2D eigenvalue weighted by molar-refractivity contribution is 0.412. The lowest BCUT2D eigenvalue weighted by atomic mass is 10.2. The van der Waals surface area contributed by atoms with Gasteiger partial charge in [-0.15, -0.1) is 10.2 Å². The molecule has 0 N–H and O–H groups in total. The third kappa shape index (κ3) is 3.12. The second-order valence-corrected chi connectivity index (χ2v) is 5.52. The van der Waals surface area contributed by atoms with E-state index in [9.17, 15) is 4.39 Å². The van der Waals surface area contributed by atoms with Crippen LogP contribution >= 0.6 is 11.8 Å². The zero-order valence-corrected chi connectivity index (χ0v) is 12.8. The van der Waals surface area contributed by atoms with Crippen molar-refractivity contribution in [2.45, 2.75) is 10.9 Å². The monoisotopic (exact) mass is 315 g/mol. The van der Waals surface area contributed by atoms with Gasteiger partial charge in [0, 0.05) is 5.75 Å². The van der Waals surface area contributed by atoms with Crippen molar-refractivity contribution >= 4 is 11.8 Å². The van der Waals surface area contributed by atoms with Crippen molar-refractivity contribution in [2.24, 2.45) is 0 Å². The molecule has 22 heavy (non-hydrogen) atoms. The Bertz CT molecular complexity index is 775. The van der Waals surface area contributed by atoms with Gasteiger partial charge in [0.25, 0.3) is 0 Å². The van der Waals surface area contributed by atoms with E-state index in [0.29, 0.717) is 5.75 Å². The summed E-state index contributed by atoms with van der Waals surface area (Å²) in [6, 6.07) is 14.2. The van der Waals surface area contributed by atoms with Gasteiger partial charge in [0.2, 0.25) is 0 Å². The Morgan fingerprint density at radius 1 is 1.18 bits per heavy atom. The van der Waals surface area contributed by atoms with Crippen molar-refractivity contribution in [3.63, 3.8) is 0 Å². The van der Waals surface area contributed by atoms with Gasteiger partial charge in [-0.25, -0.2) is 4.39 Å². The molecule has 0 fully saturated rings. The third-order valence-corrected chi connectivity index (χ3v) is 4.13. The second kappa shape index (κ2) is 6.62. The van der Waals surface area contributed by atoms with E-state index < -0.39 is 0 Å². The first-order valence-electron chi connectivity index (χ1n) is 6.68. The van der Waals surface area contributed by atoms with Crippen LogP contribution in [0.2, 0.25) is 0 Å². The van der Waals surface area contributed by atoms with Gasteiger partial charge < -0.3 is 4.74 Å². The Hall–Kier alpha value is -2.34. The lowest BCUT2D eigenvalue weighted by Crippen LogP contribution is -1.98. The number of hydrogen-bond acceptors (Lipinski definition) is 4. The summed E-state index contributed by atoms with van der Waals surface area (Å²) in [5.74, 6) is 1.13. The highest BCUT2D eigenvalue weighted by molar-refractivity contribution is 7.98. The quantitative estimate of drug-likeness (QED) is 0.673. The lowest BCUT2D eigenvalue weighted by Gasteiger charge is -2.10. The molecule has 2 aromatic carbocycles. The van der Waals surface area contributed by atoms with E-state index in [1.54, 1.807) is 19.5 Å². The van der Waals surface area contributed by atoms with Crippen molar-refractivity contribution in [2.75, 3.05) is 7.11 Å². The second-order valence-electron chi connectivity index (χ2n) is 4.57. The molecule has 6 heteroatoms. The van der Waals surface area contributed by atoms with Crippen LogP contribution in [0, 0.1) is 5.82 Å². The maximum absolute atomic E-state index is 13.2. The predicted octanol–water partition coefficient (Wildman–Crippen LogP) is 3.71. The Morgan fingerprint density at radius 2 is 2.05 bits per heavy atom. The van der Waals surface area contributed by atoms with E-state index in [2.05, 4.69) is 10.2 Å². The zero-order chi connectivity index (χ0) is 15.4. The van der Waals surface area contributed by atoms with E-state index >= 15 is 0 Å². The SMILES string of the molecule is COc1ccccc1-n1cnnc1SCc1cccc(F)c1. The number of rotatable bonds is 5. The average molecular weight is 315 g/mol. The summed E-state index contributed by atoms with van der Waals surface area (Å²) >= 11 is 1.50. The molecule has 0 saturated heterocycles. The minimum atomic E-state index is -0.232. The summed E-state index contributed by atoms with van der Waals surface area (Å²) < 4.78 is 20.4. The number of thioether (sulfide) groups is 1. The molecule has 1 aromatic heterocycles. The largest absolute Gasteiger partial charge is 0.495 e. The van der Waals surface area contributed by atoms with Crippen molar-refractivity contribution < 1.29 is 9.13 Å². The molecule has 112 valence electrons. The average Bonchev–Trinajstić information content (AvgIpc) is 3.01. The molecule has 0 unspecified atom stereocenters. The van der Waals surface area contributed by atoms with Gasteiger partial charge in [-0.05, 0) is 29.8 Å². The van der Waals surface area contributed by atoms with E-state index in [1.807, 2.05) is 34.9 Å². The Morgan fingerprint density at radius 3 is 2.86 bits per heavy atom. The van der Waals surface area contributed by atoms with Crippen molar-refractivity contribution in [1.82, 2.24) is 14.8 Å². The first-order valence-corrected chi connectivity index (χ1v) is 7.67. The van der Waals surface area contributed by atoms with Crippen molar-refractivity contribution in [3.05, 3.63) is 66.2 Å². The van der Waals surface area contributed by atoms with Crippen LogP contribution in [0.1, 0.15) is 5.56 Å². The molecule has 0 radical (unpaired) electrons. The third-order valence-electron chi connectivity index (χ3n) is 3.12. The molecule has 0 spiro atoms. The van der Waals surface area contributed by atoms with Gasteiger partial charge in [0.1, 0.15) is 17.9 Å².